The maximum absolute atomic E-state index is 3.42. The fraction of sp³-hybridized carbons (Fsp3) is 0.556. The second-order valence-electron chi connectivity index (χ2n) is 2.62. The number of rotatable bonds is 2. The summed E-state index contributed by atoms with van der Waals surface area (Å²) >= 11 is 0. The molecule has 1 rings (SSSR count). The highest BCUT2D eigenvalue weighted by atomic mass is 14.9. The lowest BCUT2D eigenvalue weighted by Crippen LogP contribution is -2.30. The van der Waals surface area contributed by atoms with Crippen LogP contribution in [0.5, 0.6) is 0 Å². The fourth-order valence-electron chi connectivity index (χ4n) is 1.14. The number of hydrogen-bond donors (Lipinski definition) is 1. The van der Waals surface area contributed by atoms with E-state index in [2.05, 4.69) is 36.5 Å². The molecule has 0 aromatic heterocycles. The van der Waals surface area contributed by atoms with Crippen LogP contribution in [-0.2, 0) is 0 Å². The first kappa shape index (κ1) is 7.55. The van der Waals surface area contributed by atoms with Crippen LogP contribution in [0.25, 0.3) is 0 Å². The van der Waals surface area contributed by atoms with Crippen molar-refractivity contribution < 1.29 is 0 Å². The molecule has 1 atom stereocenters. The molecule has 10 heavy (non-hydrogen) atoms. The zero-order valence-electron chi connectivity index (χ0n) is 6.51. The maximum atomic E-state index is 3.42. The normalized spacial score (nSPS) is 25.9. The van der Waals surface area contributed by atoms with E-state index in [1.807, 2.05) is 0 Å². The molecule has 0 saturated carbocycles. The molecule has 1 heteroatoms. The van der Waals surface area contributed by atoms with Crippen LogP contribution in [0.2, 0.25) is 0 Å². The van der Waals surface area contributed by atoms with E-state index in [4.69, 9.17) is 0 Å². The summed E-state index contributed by atoms with van der Waals surface area (Å²) in [4.78, 5) is 0. The molecule has 0 saturated heterocycles. The van der Waals surface area contributed by atoms with Crippen molar-refractivity contribution >= 4 is 0 Å². The van der Waals surface area contributed by atoms with Crippen LogP contribution in [0, 0.1) is 0 Å². The summed E-state index contributed by atoms with van der Waals surface area (Å²) in [5, 5.41) is 3.42. The van der Waals surface area contributed by atoms with Gasteiger partial charge in [0.1, 0.15) is 0 Å². The van der Waals surface area contributed by atoms with Gasteiger partial charge in [0.15, 0.2) is 0 Å². The zero-order chi connectivity index (χ0) is 7.23. The molecule has 1 aliphatic rings. The van der Waals surface area contributed by atoms with E-state index in [0.717, 1.165) is 6.54 Å². The van der Waals surface area contributed by atoms with E-state index in [9.17, 15) is 0 Å². The second-order valence-corrected chi connectivity index (χ2v) is 2.62. The molecule has 1 unspecified atom stereocenters. The standard InChI is InChI=1S/C9H15N/c1-2-3-6-9-7-4-5-8-10-9/h2-5,9-10H,6-8H2,1H3/b3-2+. The van der Waals surface area contributed by atoms with Crippen LogP contribution < -0.4 is 5.32 Å². The molecule has 1 nitrogen and oxygen atoms in total. The Hall–Kier alpha value is -0.560. The third kappa shape index (κ3) is 2.36. The summed E-state index contributed by atoms with van der Waals surface area (Å²) in [5.41, 5.74) is 0. The molecule has 0 fully saturated rings. The molecule has 56 valence electrons. The Kier molecular flexibility index (Phi) is 3.23. The summed E-state index contributed by atoms with van der Waals surface area (Å²) in [5.74, 6) is 0. The van der Waals surface area contributed by atoms with Crippen molar-refractivity contribution in [3.8, 4) is 0 Å². The number of nitrogens with one attached hydrogen (secondary N) is 1. The van der Waals surface area contributed by atoms with E-state index in [0.29, 0.717) is 6.04 Å². The van der Waals surface area contributed by atoms with Crippen molar-refractivity contribution in [2.45, 2.75) is 25.8 Å². The van der Waals surface area contributed by atoms with Gasteiger partial charge >= 0.3 is 0 Å². The summed E-state index contributed by atoms with van der Waals surface area (Å²) in [7, 11) is 0. The predicted octanol–water partition coefficient (Wildman–Crippen LogP) is 1.87. The van der Waals surface area contributed by atoms with E-state index in [1.54, 1.807) is 0 Å². The molecule has 0 aromatic carbocycles. The predicted molar refractivity (Wildman–Crippen MR) is 45.0 cm³/mol. The highest BCUT2D eigenvalue weighted by molar-refractivity contribution is 4.96. The monoisotopic (exact) mass is 137 g/mol. The van der Waals surface area contributed by atoms with Gasteiger partial charge in [-0.3, -0.25) is 0 Å². The molecule has 1 aliphatic heterocycles. The largest absolute Gasteiger partial charge is 0.310 e. The highest BCUT2D eigenvalue weighted by Crippen LogP contribution is 2.03. The molecule has 0 amide bonds. The Morgan fingerprint density at radius 3 is 3.10 bits per heavy atom. The van der Waals surface area contributed by atoms with Gasteiger partial charge in [-0.15, -0.1) is 0 Å². The Labute approximate surface area is 62.8 Å². The molecule has 1 heterocycles. The van der Waals surface area contributed by atoms with Crippen LogP contribution in [-0.4, -0.2) is 12.6 Å². The lowest BCUT2D eigenvalue weighted by atomic mass is 10.1. The van der Waals surface area contributed by atoms with Gasteiger partial charge in [-0.1, -0.05) is 24.3 Å². The van der Waals surface area contributed by atoms with Crippen molar-refractivity contribution in [2.24, 2.45) is 0 Å². The van der Waals surface area contributed by atoms with Crippen molar-refractivity contribution in [2.75, 3.05) is 6.54 Å². The fourth-order valence-corrected chi connectivity index (χ4v) is 1.14. The van der Waals surface area contributed by atoms with Crippen LogP contribution in [0.1, 0.15) is 19.8 Å². The Bertz CT molecular complexity index is 136. The van der Waals surface area contributed by atoms with Crippen LogP contribution >= 0.6 is 0 Å². The lowest BCUT2D eigenvalue weighted by Gasteiger charge is -2.17. The minimum atomic E-state index is 0.682. The average molecular weight is 137 g/mol. The van der Waals surface area contributed by atoms with Crippen LogP contribution in [0.15, 0.2) is 24.3 Å². The maximum Gasteiger partial charge on any atom is 0.0139 e. The minimum absolute atomic E-state index is 0.682. The summed E-state index contributed by atoms with van der Waals surface area (Å²) in [6.45, 7) is 3.11. The molecular weight excluding hydrogens is 122 g/mol. The Morgan fingerprint density at radius 1 is 1.60 bits per heavy atom. The molecule has 0 aliphatic carbocycles. The van der Waals surface area contributed by atoms with Gasteiger partial charge in [-0.05, 0) is 19.8 Å². The molecule has 1 N–H and O–H groups in total. The summed E-state index contributed by atoms with van der Waals surface area (Å²) in [6.07, 6.45) is 11.1. The van der Waals surface area contributed by atoms with Crippen LogP contribution in [0.4, 0.5) is 0 Å². The molecule has 0 radical (unpaired) electrons. The topological polar surface area (TPSA) is 12.0 Å². The molecular formula is C9H15N. The third-order valence-corrected chi connectivity index (χ3v) is 1.77. The minimum Gasteiger partial charge on any atom is -0.310 e. The average Bonchev–Trinajstić information content (AvgIpc) is 2.03. The van der Waals surface area contributed by atoms with E-state index in [-0.39, 0.29) is 0 Å². The zero-order valence-corrected chi connectivity index (χ0v) is 6.51. The molecule has 0 aromatic rings. The van der Waals surface area contributed by atoms with Crippen molar-refractivity contribution in [1.29, 1.82) is 0 Å². The second kappa shape index (κ2) is 4.29. The van der Waals surface area contributed by atoms with Gasteiger partial charge in [-0.2, -0.15) is 0 Å². The summed E-state index contributed by atoms with van der Waals surface area (Å²) in [6, 6.07) is 0.682. The van der Waals surface area contributed by atoms with Crippen LogP contribution in [0.3, 0.4) is 0 Å². The SMILES string of the molecule is C/C=C/CC1CC=CCN1. The highest BCUT2D eigenvalue weighted by Gasteiger charge is 2.04. The van der Waals surface area contributed by atoms with Crippen molar-refractivity contribution in [3.63, 3.8) is 0 Å². The first-order chi connectivity index (χ1) is 4.93. The first-order valence-electron chi connectivity index (χ1n) is 3.93. The van der Waals surface area contributed by atoms with E-state index >= 15 is 0 Å². The lowest BCUT2D eigenvalue weighted by molar-refractivity contribution is 0.533. The Morgan fingerprint density at radius 2 is 2.50 bits per heavy atom. The van der Waals surface area contributed by atoms with Crippen molar-refractivity contribution in [1.82, 2.24) is 5.32 Å². The molecule has 0 spiro atoms. The quantitative estimate of drug-likeness (QED) is 0.573. The number of allylic oxidation sites excluding steroid dienone is 1. The Balaban J connectivity index is 2.22. The van der Waals surface area contributed by atoms with Gasteiger partial charge in [0.2, 0.25) is 0 Å². The van der Waals surface area contributed by atoms with Crippen molar-refractivity contribution in [3.05, 3.63) is 24.3 Å². The van der Waals surface area contributed by atoms with E-state index < -0.39 is 0 Å². The summed E-state index contributed by atoms with van der Waals surface area (Å²) < 4.78 is 0. The number of hydrogen-bond acceptors (Lipinski definition) is 1. The van der Waals surface area contributed by atoms with Gasteiger partial charge in [-0.25, -0.2) is 0 Å². The van der Waals surface area contributed by atoms with Gasteiger partial charge in [0.05, 0.1) is 0 Å². The van der Waals surface area contributed by atoms with E-state index in [1.165, 1.54) is 12.8 Å². The third-order valence-electron chi connectivity index (χ3n) is 1.77. The first-order valence-corrected chi connectivity index (χ1v) is 3.93. The smallest absolute Gasteiger partial charge is 0.0139 e. The molecule has 0 bridgehead atoms. The van der Waals surface area contributed by atoms with Gasteiger partial charge in [0, 0.05) is 12.6 Å². The van der Waals surface area contributed by atoms with Gasteiger partial charge in [0.25, 0.3) is 0 Å². The van der Waals surface area contributed by atoms with Gasteiger partial charge < -0.3 is 5.32 Å².